The minimum absolute atomic E-state index is 0.141. The van der Waals surface area contributed by atoms with Gasteiger partial charge in [0.15, 0.2) is 5.78 Å². The Kier molecular flexibility index (Phi) is 5.25. The fraction of sp³-hybridized carbons (Fsp3) is 0.350. The maximum absolute atomic E-state index is 12.6. The molecule has 0 bridgehead atoms. The number of fused-ring (bicyclic) bond motifs is 1. The summed E-state index contributed by atoms with van der Waals surface area (Å²) in [6.07, 6.45) is 0.796. The molecule has 130 valence electrons. The number of aryl methyl sites for hydroxylation is 5. The number of rotatable bonds is 5. The molecule has 0 aliphatic rings. The average molecular weight is 371 g/mol. The Morgan fingerprint density at radius 1 is 1.12 bits per heavy atom. The van der Waals surface area contributed by atoms with Crippen molar-refractivity contribution in [2.75, 3.05) is 5.75 Å². The molecular formula is C20H22N2OS2. The van der Waals surface area contributed by atoms with Gasteiger partial charge in [-0.1, -0.05) is 30.8 Å². The molecule has 0 unspecified atom stereocenters. The van der Waals surface area contributed by atoms with Crippen molar-refractivity contribution in [2.45, 2.75) is 46.1 Å². The van der Waals surface area contributed by atoms with Crippen LogP contribution in [0.3, 0.4) is 0 Å². The van der Waals surface area contributed by atoms with Gasteiger partial charge in [0.1, 0.15) is 15.7 Å². The second-order valence-corrected chi connectivity index (χ2v) is 8.44. The Morgan fingerprint density at radius 3 is 2.56 bits per heavy atom. The third kappa shape index (κ3) is 3.62. The average Bonchev–Trinajstić information content (AvgIpc) is 2.89. The van der Waals surface area contributed by atoms with Gasteiger partial charge in [-0.2, -0.15) is 0 Å². The standard InChI is InChI=1S/C20H22N2OS2/c1-6-17-21-19(18-13(4)14(5)25-20(18)22-17)24-10-16(23)15-8-7-11(2)12(3)9-15/h7-9H,6,10H2,1-5H3. The van der Waals surface area contributed by atoms with E-state index >= 15 is 0 Å². The molecule has 0 aliphatic carbocycles. The van der Waals surface area contributed by atoms with E-state index in [1.807, 2.05) is 25.1 Å². The number of benzene rings is 1. The van der Waals surface area contributed by atoms with E-state index in [1.54, 1.807) is 11.3 Å². The predicted octanol–water partition coefficient (Wildman–Crippen LogP) is 5.46. The molecule has 5 heteroatoms. The molecule has 0 radical (unpaired) electrons. The zero-order valence-corrected chi connectivity index (χ0v) is 16.9. The number of aromatic nitrogens is 2. The van der Waals surface area contributed by atoms with Crippen molar-refractivity contribution in [2.24, 2.45) is 0 Å². The van der Waals surface area contributed by atoms with E-state index in [0.29, 0.717) is 5.75 Å². The van der Waals surface area contributed by atoms with Crippen molar-refractivity contribution in [1.29, 1.82) is 0 Å². The highest BCUT2D eigenvalue weighted by Gasteiger charge is 2.16. The van der Waals surface area contributed by atoms with E-state index in [4.69, 9.17) is 4.98 Å². The number of carbonyl (C=O) groups excluding carboxylic acids is 1. The second kappa shape index (κ2) is 7.26. The Hall–Kier alpha value is -1.72. The van der Waals surface area contributed by atoms with Crippen LogP contribution in [-0.4, -0.2) is 21.5 Å². The molecule has 0 aliphatic heterocycles. The number of thiophene rings is 1. The SMILES string of the molecule is CCc1nc(SCC(=O)c2ccc(C)c(C)c2)c2c(C)c(C)sc2n1. The molecule has 3 nitrogen and oxygen atoms in total. The molecule has 2 heterocycles. The largest absolute Gasteiger partial charge is 0.293 e. The third-order valence-corrected chi connectivity index (χ3v) is 6.60. The molecule has 0 saturated heterocycles. The quantitative estimate of drug-likeness (QED) is 0.340. The zero-order valence-electron chi connectivity index (χ0n) is 15.3. The lowest BCUT2D eigenvalue weighted by molar-refractivity contribution is 0.102. The van der Waals surface area contributed by atoms with Crippen LogP contribution >= 0.6 is 23.1 Å². The van der Waals surface area contributed by atoms with Crippen molar-refractivity contribution < 1.29 is 4.79 Å². The maximum Gasteiger partial charge on any atom is 0.173 e. The van der Waals surface area contributed by atoms with Gasteiger partial charge in [-0.15, -0.1) is 11.3 Å². The highest BCUT2D eigenvalue weighted by Crippen LogP contribution is 2.35. The number of hydrogen-bond acceptors (Lipinski definition) is 5. The van der Waals surface area contributed by atoms with Crippen molar-refractivity contribution in [3.8, 4) is 0 Å². The van der Waals surface area contributed by atoms with E-state index < -0.39 is 0 Å². The lowest BCUT2D eigenvalue weighted by Gasteiger charge is -2.07. The number of nitrogens with zero attached hydrogens (tertiary/aromatic N) is 2. The minimum atomic E-state index is 0.141. The molecule has 3 rings (SSSR count). The van der Waals surface area contributed by atoms with Gasteiger partial charge >= 0.3 is 0 Å². The Bertz CT molecular complexity index is 960. The van der Waals surface area contributed by atoms with Crippen molar-refractivity contribution >= 4 is 39.1 Å². The molecule has 2 aromatic heterocycles. The van der Waals surface area contributed by atoms with Crippen molar-refractivity contribution in [3.05, 3.63) is 51.2 Å². The first-order chi connectivity index (χ1) is 11.9. The van der Waals surface area contributed by atoms with Gasteiger partial charge < -0.3 is 0 Å². The van der Waals surface area contributed by atoms with E-state index in [1.165, 1.54) is 27.8 Å². The molecule has 3 aromatic rings. The van der Waals surface area contributed by atoms with Crippen LogP contribution in [-0.2, 0) is 6.42 Å². The van der Waals surface area contributed by atoms with Crippen LogP contribution in [0.4, 0.5) is 0 Å². The molecule has 0 amide bonds. The first-order valence-electron chi connectivity index (χ1n) is 8.40. The van der Waals surface area contributed by atoms with Gasteiger partial charge in [0, 0.05) is 22.2 Å². The maximum atomic E-state index is 12.6. The first kappa shape index (κ1) is 18.1. The predicted molar refractivity (Wildman–Crippen MR) is 107 cm³/mol. The third-order valence-electron chi connectivity index (χ3n) is 4.53. The summed E-state index contributed by atoms with van der Waals surface area (Å²) < 4.78 is 0. The summed E-state index contributed by atoms with van der Waals surface area (Å²) in [6.45, 7) is 10.4. The van der Waals surface area contributed by atoms with Gasteiger partial charge in [0.2, 0.25) is 0 Å². The molecule has 0 fully saturated rings. The summed E-state index contributed by atoms with van der Waals surface area (Å²) >= 11 is 3.23. The molecule has 0 spiro atoms. The Balaban J connectivity index is 1.89. The number of Topliss-reactive ketones (excluding diaryl/α,β-unsaturated/α-hetero) is 1. The van der Waals surface area contributed by atoms with E-state index in [2.05, 4.69) is 32.7 Å². The molecule has 1 aromatic carbocycles. The van der Waals surface area contributed by atoms with E-state index in [0.717, 1.165) is 38.6 Å². The van der Waals surface area contributed by atoms with Crippen molar-refractivity contribution in [3.63, 3.8) is 0 Å². The summed E-state index contributed by atoms with van der Waals surface area (Å²) in [5.74, 6) is 1.38. The molecule has 0 saturated carbocycles. The van der Waals surface area contributed by atoms with Gasteiger partial charge in [-0.3, -0.25) is 4.79 Å². The Labute approximate surface area is 156 Å². The summed E-state index contributed by atoms with van der Waals surface area (Å²) in [5, 5.41) is 2.04. The lowest BCUT2D eigenvalue weighted by Crippen LogP contribution is -2.04. The number of ketones is 1. The first-order valence-corrected chi connectivity index (χ1v) is 10.2. The van der Waals surface area contributed by atoms with Gasteiger partial charge in [-0.05, 0) is 50.5 Å². The lowest BCUT2D eigenvalue weighted by atomic mass is 10.0. The summed E-state index contributed by atoms with van der Waals surface area (Å²) in [4.78, 5) is 24.2. The van der Waals surface area contributed by atoms with Gasteiger partial charge in [0.25, 0.3) is 0 Å². The van der Waals surface area contributed by atoms with Crippen molar-refractivity contribution in [1.82, 2.24) is 9.97 Å². The van der Waals surface area contributed by atoms with Gasteiger partial charge in [-0.25, -0.2) is 9.97 Å². The molecule has 25 heavy (non-hydrogen) atoms. The topological polar surface area (TPSA) is 42.9 Å². The molecule has 0 N–H and O–H groups in total. The fourth-order valence-electron chi connectivity index (χ4n) is 2.65. The second-order valence-electron chi connectivity index (χ2n) is 6.27. The monoisotopic (exact) mass is 370 g/mol. The number of thioether (sulfide) groups is 1. The number of carbonyl (C=O) groups is 1. The van der Waals surface area contributed by atoms with Crippen LogP contribution in [0.2, 0.25) is 0 Å². The minimum Gasteiger partial charge on any atom is -0.293 e. The summed E-state index contributed by atoms with van der Waals surface area (Å²) in [7, 11) is 0. The highest BCUT2D eigenvalue weighted by molar-refractivity contribution is 8.00. The Morgan fingerprint density at radius 2 is 1.88 bits per heavy atom. The summed E-state index contributed by atoms with van der Waals surface area (Å²) in [6, 6.07) is 5.90. The number of hydrogen-bond donors (Lipinski definition) is 0. The normalized spacial score (nSPS) is 11.2. The van der Waals surface area contributed by atoms with E-state index in [9.17, 15) is 4.79 Å². The fourth-order valence-corrected chi connectivity index (χ4v) is 4.76. The van der Waals surface area contributed by atoms with E-state index in [-0.39, 0.29) is 5.78 Å². The van der Waals surface area contributed by atoms with Crippen LogP contribution in [0.1, 0.15) is 44.7 Å². The molecular weight excluding hydrogens is 348 g/mol. The van der Waals surface area contributed by atoms with Crippen LogP contribution < -0.4 is 0 Å². The molecule has 0 atom stereocenters. The smallest absolute Gasteiger partial charge is 0.173 e. The highest BCUT2D eigenvalue weighted by atomic mass is 32.2. The van der Waals surface area contributed by atoms with Crippen LogP contribution in [0.15, 0.2) is 23.2 Å². The van der Waals surface area contributed by atoms with Crippen LogP contribution in [0.5, 0.6) is 0 Å². The van der Waals surface area contributed by atoms with Crippen LogP contribution in [0, 0.1) is 27.7 Å². The summed E-state index contributed by atoms with van der Waals surface area (Å²) in [5.41, 5.74) is 4.36. The van der Waals surface area contributed by atoms with Gasteiger partial charge in [0.05, 0.1) is 5.75 Å². The van der Waals surface area contributed by atoms with Crippen LogP contribution in [0.25, 0.3) is 10.2 Å². The zero-order chi connectivity index (χ0) is 18.1.